The molecule has 0 aliphatic carbocycles. The molecule has 0 fully saturated rings. The molecule has 0 aliphatic rings. The van der Waals surface area contributed by atoms with Crippen molar-refractivity contribution in [2.75, 3.05) is 7.11 Å². The summed E-state index contributed by atoms with van der Waals surface area (Å²) < 4.78 is 23.1. The van der Waals surface area contributed by atoms with Gasteiger partial charge in [-0.3, -0.25) is 0 Å². The van der Waals surface area contributed by atoms with E-state index in [1.54, 1.807) is 12.1 Å². The molecule has 5 heteroatoms. The predicted octanol–water partition coefficient (Wildman–Crippen LogP) is 3.28. The maximum atomic E-state index is 13.0. The molecule has 20 heavy (non-hydrogen) atoms. The van der Waals surface area contributed by atoms with Gasteiger partial charge in [-0.05, 0) is 42.5 Å². The Bertz CT molecular complexity index is 675. The third-order valence-corrected chi connectivity index (χ3v) is 2.57. The molecule has 2 aromatic rings. The average Bonchev–Trinajstić information content (AvgIpc) is 2.49. The molecule has 4 nitrogen and oxygen atoms in total. The topological polar surface area (TPSA) is 59.3 Å². The Morgan fingerprint density at radius 3 is 2.50 bits per heavy atom. The molecule has 2 aromatic carbocycles. The molecule has 0 N–H and O–H groups in total. The molecular formula is C15H10FNO3. The van der Waals surface area contributed by atoms with Gasteiger partial charge in [-0.1, -0.05) is 0 Å². The van der Waals surface area contributed by atoms with Gasteiger partial charge in [0, 0.05) is 0 Å². The lowest BCUT2D eigenvalue weighted by atomic mass is 10.2. The smallest absolute Gasteiger partial charge is 0.337 e. The minimum atomic E-state index is -0.505. The van der Waals surface area contributed by atoms with Crippen LogP contribution < -0.4 is 4.74 Å². The Labute approximate surface area is 115 Å². The fraction of sp³-hybridized carbons (Fsp3) is 0.0667. The lowest BCUT2D eigenvalue weighted by Gasteiger charge is -2.07. The fourth-order valence-electron chi connectivity index (χ4n) is 1.58. The van der Waals surface area contributed by atoms with Crippen LogP contribution in [0.1, 0.15) is 15.9 Å². The lowest BCUT2D eigenvalue weighted by Crippen LogP contribution is -2.00. The first-order valence-corrected chi connectivity index (χ1v) is 5.70. The SMILES string of the molecule is COC(=O)c1ccc(Oc2ccc(F)cc2C#N)cc1. The zero-order valence-electron chi connectivity index (χ0n) is 10.6. The summed E-state index contributed by atoms with van der Waals surface area (Å²) >= 11 is 0. The monoisotopic (exact) mass is 271 g/mol. The van der Waals surface area contributed by atoms with Crippen LogP contribution in [0.5, 0.6) is 11.5 Å². The van der Waals surface area contributed by atoms with E-state index in [0.29, 0.717) is 11.3 Å². The summed E-state index contributed by atoms with van der Waals surface area (Å²) in [6, 6.07) is 11.7. The lowest BCUT2D eigenvalue weighted by molar-refractivity contribution is 0.0600. The van der Waals surface area contributed by atoms with Crippen molar-refractivity contribution in [3.8, 4) is 17.6 Å². The molecule has 100 valence electrons. The van der Waals surface area contributed by atoms with E-state index in [-0.39, 0.29) is 11.3 Å². The van der Waals surface area contributed by atoms with Gasteiger partial charge in [-0.15, -0.1) is 0 Å². The molecule has 0 radical (unpaired) electrons. The first-order chi connectivity index (χ1) is 9.63. The third kappa shape index (κ3) is 2.93. The zero-order valence-corrected chi connectivity index (χ0v) is 10.6. The molecule has 0 saturated carbocycles. The number of nitriles is 1. The summed E-state index contributed by atoms with van der Waals surface area (Å²) in [5, 5.41) is 8.91. The second-order valence-electron chi connectivity index (χ2n) is 3.87. The first-order valence-electron chi connectivity index (χ1n) is 5.70. The number of benzene rings is 2. The Morgan fingerprint density at radius 1 is 1.20 bits per heavy atom. The van der Waals surface area contributed by atoms with E-state index in [4.69, 9.17) is 10.00 Å². The number of rotatable bonds is 3. The van der Waals surface area contributed by atoms with Crippen LogP contribution in [-0.2, 0) is 4.74 Å². The number of ether oxygens (including phenoxy) is 2. The van der Waals surface area contributed by atoms with Gasteiger partial charge in [0.05, 0.1) is 18.2 Å². The number of halogens is 1. The maximum absolute atomic E-state index is 13.0. The molecule has 0 aliphatic heterocycles. The van der Waals surface area contributed by atoms with Crippen molar-refractivity contribution < 1.29 is 18.7 Å². The van der Waals surface area contributed by atoms with Gasteiger partial charge in [0.25, 0.3) is 0 Å². The van der Waals surface area contributed by atoms with E-state index in [2.05, 4.69) is 4.74 Å². The van der Waals surface area contributed by atoms with Crippen LogP contribution in [0, 0.1) is 17.1 Å². The van der Waals surface area contributed by atoms with E-state index < -0.39 is 11.8 Å². The van der Waals surface area contributed by atoms with Crippen molar-refractivity contribution in [1.82, 2.24) is 0 Å². The van der Waals surface area contributed by atoms with E-state index in [1.165, 1.54) is 31.4 Å². The van der Waals surface area contributed by atoms with Gasteiger partial charge in [-0.2, -0.15) is 5.26 Å². The highest BCUT2D eigenvalue weighted by Gasteiger charge is 2.08. The zero-order chi connectivity index (χ0) is 14.5. The summed E-state index contributed by atoms with van der Waals surface area (Å²) in [6.45, 7) is 0. The predicted molar refractivity (Wildman–Crippen MR) is 69.0 cm³/mol. The molecular weight excluding hydrogens is 261 g/mol. The van der Waals surface area contributed by atoms with Crippen LogP contribution in [0.3, 0.4) is 0 Å². The molecule has 0 amide bonds. The van der Waals surface area contributed by atoms with Crippen molar-refractivity contribution >= 4 is 5.97 Å². The molecule has 0 heterocycles. The van der Waals surface area contributed by atoms with Gasteiger partial charge < -0.3 is 9.47 Å². The van der Waals surface area contributed by atoms with Gasteiger partial charge in [0.15, 0.2) is 0 Å². The van der Waals surface area contributed by atoms with Gasteiger partial charge in [0.1, 0.15) is 23.4 Å². The minimum Gasteiger partial charge on any atom is -0.465 e. The van der Waals surface area contributed by atoms with Crippen molar-refractivity contribution in [3.63, 3.8) is 0 Å². The van der Waals surface area contributed by atoms with Gasteiger partial charge in [-0.25, -0.2) is 9.18 Å². The van der Waals surface area contributed by atoms with E-state index in [9.17, 15) is 9.18 Å². The van der Waals surface area contributed by atoms with Crippen LogP contribution in [0.15, 0.2) is 42.5 Å². The number of carbonyl (C=O) groups excluding carboxylic acids is 1. The van der Waals surface area contributed by atoms with E-state index >= 15 is 0 Å². The highest BCUT2D eigenvalue weighted by atomic mass is 19.1. The summed E-state index contributed by atoms with van der Waals surface area (Å²) in [4.78, 5) is 11.3. The van der Waals surface area contributed by atoms with Crippen LogP contribution in [0.25, 0.3) is 0 Å². The standard InChI is InChI=1S/C15H10FNO3/c1-19-15(18)10-2-5-13(6-3-10)20-14-7-4-12(16)8-11(14)9-17/h2-8H,1H3. The minimum absolute atomic E-state index is 0.0991. The quantitative estimate of drug-likeness (QED) is 0.804. The highest BCUT2D eigenvalue weighted by Crippen LogP contribution is 2.25. The third-order valence-electron chi connectivity index (χ3n) is 2.57. The molecule has 2 rings (SSSR count). The number of methoxy groups -OCH3 is 1. The van der Waals surface area contributed by atoms with Gasteiger partial charge in [0.2, 0.25) is 0 Å². The summed E-state index contributed by atoms with van der Waals surface area (Å²) in [5.41, 5.74) is 0.488. The number of nitrogens with zero attached hydrogens (tertiary/aromatic N) is 1. The van der Waals surface area contributed by atoms with Crippen molar-refractivity contribution in [1.29, 1.82) is 5.26 Å². The molecule has 0 atom stereocenters. The molecule has 0 aromatic heterocycles. The maximum Gasteiger partial charge on any atom is 0.337 e. The molecule has 0 saturated heterocycles. The summed E-state index contributed by atoms with van der Waals surface area (Å²) in [6.07, 6.45) is 0. The van der Waals surface area contributed by atoms with Crippen LogP contribution >= 0.6 is 0 Å². The number of hydrogen-bond donors (Lipinski definition) is 0. The Morgan fingerprint density at radius 2 is 1.90 bits per heavy atom. The molecule has 0 bridgehead atoms. The second kappa shape index (κ2) is 5.85. The first kappa shape index (κ1) is 13.6. The largest absolute Gasteiger partial charge is 0.465 e. The summed E-state index contributed by atoms with van der Waals surface area (Å²) in [7, 11) is 1.30. The van der Waals surface area contributed by atoms with E-state index in [0.717, 1.165) is 6.07 Å². The van der Waals surface area contributed by atoms with Crippen molar-refractivity contribution in [3.05, 3.63) is 59.4 Å². The van der Waals surface area contributed by atoms with E-state index in [1.807, 2.05) is 6.07 Å². The Kier molecular flexibility index (Phi) is 3.96. The molecule has 0 unspecified atom stereocenters. The highest BCUT2D eigenvalue weighted by molar-refractivity contribution is 5.89. The van der Waals surface area contributed by atoms with Crippen LogP contribution in [0.4, 0.5) is 4.39 Å². The van der Waals surface area contributed by atoms with Gasteiger partial charge >= 0.3 is 5.97 Å². The van der Waals surface area contributed by atoms with Crippen LogP contribution in [0.2, 0.25) is 0 Å². The second-order valence-corrected chi connectivity index (χ2v) is 3.87. The number of carbonyl (C=O) groups is 1. The van der Waals surface area contributed by atoms with Crippen molar-refractivity contribution in [2.24, 2.45) is 0 Å². The Hall–Kier alpha value is -2.87. The normalized spacial score (nSPS) is 9.65. The number of hydrogen-bond acceptors (Lipinski definition) is 4. The Balaban J connectivity index is 2.23. The van der Waals surface area contributed by atoms with Crippen molar-refractivity contribution in [2.45, 2.75) is 0 Å². The fourth-order valence-corrected chi connectivity index (χ4v) is 1.58. The summed E-state index contributed by atoms with van der Waals surface area (Å²) in [5.74, 6) is -0.272. The van der Waals surface area contributed by atoms with Crippen LogP contribution in [-0.4, -0.2) is 13.1 Å². The average molecular weight is 271 g/mol. The molecule has 0 spiro atoms. The number of esters is 1.